The second-order valence-electron chi connectivity index (χ2n) is 3.59. The molecule has 0 spiro atoms. The Morgan fingerprint density at radius 2 is 1.94 bits per heavy atom. The third-order valence-electron chi connectivity index (χ3n) is 2.35. The summed E-state index contributed by atoms with van der Waals surface area (Å²) in [5, 5.41) is 2.55. The van der Waals surface area contributed by atoms with E-state index in [1.54, 1.807) is 18.2 Å². The van der Waals surface area contributed by atoms with Gasteiger partial charge in [0.05, 0.1) is 11.1 Å². The van der Waals surface area contributed by atoms with Gasteiger partial charge in [-0.2, -0.15) is 4.72 Å². The standard InChI is InChI=1S/C10H12N2O3S/c13-10-7-6-9(11-10)12-16(14,15)8-4-2-1-3-5-8/h1-5,9,12H,6-7H2,(H,11,13). The van der Waals surface area contributed by atoms with E-state index < -0.39 is 16.2 Å². The van der Waals surface area contributed by atoms with Crippen molar-refractivity contribution in [2.75, 3.05) is 0 Å². The molecule has 1 heterocycles. The third-order valence-corrected chi connectivity index (χ3v) is 3.83. The van der Waals surface area contributed by atoms with Crippen molar-refractivity contribution < 1.29 is 13.2 Å². The summed E-state index contributed by atoms with van der Waals surface area (Å²) in [4.78, 5) is 11.1. The fraction of sp³-hybridized carbons (Fsp3) is 0.300. The number of benzene rings is 1. The average Bonchev–Trinajstić information content (AvgIpc) is 2.64. The van der Waals surface area contributed by atoms with Gasteiger partial charge in [0.15, 0.2) is 0 Å². The van der Waals surface area contributed by atoms with Crippen molar-refractivity contribution in [2.45, 2.75) is 23.9 Å². The van der Waals surface area contributed by atoms with Gasteiger partial charge in [0.2, 0.25) is 15.9 Å². The molecule has 0 radical (unpaired) electrons. The summed E-state index contributed by atoms with van der Waals surface area (Å²) in [5.41, 5.74) is 0. The van der Waals surface area contributed by atoms with Crippen molar-refractivity contribution in [3.05, 3.63) is 30.3 Å². The SMILES string of the molecule is O=C1CCC(NS(=O)(=O)c2ccccc2)N1. The Labute approximate surface area is 93.9 Å². The summed E-state index contributed by atoms with van der Waals surface area (Å²) >= 11 is 0. The fourth-order valence-electron chi connectivity index (χ4n) is 1.56. The highest BCUT2D eigenvalue weighted by atomic mass is 32.2. The molecule has 5 nitrogen and oxygen atoms in total. The highest BCUT2D eigenvalue weighted by Gasteiger charge is 2.25. The van der Waals surface area contributed by atoms with Gasteiger partial charge in [0.25, 0.3) is 0 Å². The molecular weight excluding hydrogens is 228 g/mol. The number of hydrogen-bond acceptors (Lipinski definition) is 3. The van der Waals surface area contributed by atoms with Crippen molar-refractivity contribution in [1.82, 2.24) is 10.0 Å². The topological polar surface area (TPSA) is 75.3 Å². The van der Waals surface area contributed by atoms with E-state index in [2.05, 4.69) is 10.0 Å². The lowest BCUT2D eigenvalue weighted by Gasteiger charge is -2.12. The maximum Gasteiger partial charge on any atom is 0.242 e. The predicted molar refractivity (Wildman–Crippen MR) is 57.9 cm³/mol. The minimum Gasteiger partial charge on any atom is -0.340 e. The first-order chi connectivity index (χ1) is 7.58. The molecule has 1 amide bonds. The van der Waals surface area contributed by atoms with E-state index in [0.29, 0.717) is 12.8 Å². The highest BCUT2D eigenvalue weighted by Crippen LogP contribution is 2.11. The number of nitrogens with one attached hydrogen (secondary N) is 2. The molecule has 2 rings (SSSR count). The Morgan fingerprint density at radius 3 is 2.50 bits per heavy atom. The predicted octanol–water partition coefficient (Wildman–Crippen LogP) is 0.201. The quantitative estimate of drug-likeness (QED) is 0.792. The Bertz CT molecular complexity index is 484. The molecule has 16 heavy (non-hydrogen) atoms. The third kappa shape index (κ3) is 2.40. The summed E-state index contributed by atoms with van der Waals surface area (Å²) in [7, 11) is -3.53. The molecule has 0 bridgehead atoms. The maximum absolute atomic E-state index is 11.8. The van der Waals surface area contributed by atoms with Gasteiger partial charge in [-0.3, -0.25) is 4.79 Å². The van der Waals surface area contributed by atoms with E-state index in [1.165, 1.54) is 12.1 Å². The molecule has 1 aromatic carbocycles. The second-order valence-corrected chi connectivity index (χ2v) is 5.31. The monoisotopic (exact) mass is 240 g/mol. The summed E-state index contributed by atoms with van der Waals surface area (Å²) in [6, 6.07) is 8.08. The Hall–Kier alpha value is -1.40. The molecule has 1 aromatic rings. The molecular formula is C10H12N2O3S. The van der Waals surface area contributed by atoms with E-state index in [0.717, 1.165) is 0 Å². The van der Waals surface area contributed by atoms with Gasteiger partial charge in [-0.1, -0.05) is 18.2 Å². The number of carbonyl (C=O) groups excluding carboxylic acids is 1. The maximum atomic E-state index is 11.8. The van der Waals surface area contributed by atoms with Crippen molar-refractivity contribution in [1.29, 1.82) is 0 Å². The lowest BCUT2D eigenvalue weighted by Crippen LogP contribution is -2.42. The van der Waals surface area contributed by atoms with Gasteiger partial charge in [0.1, 0.15) is 0 Å². The molecule has 1 atom stereocenters. The lowest BCUT2D eigenvalue weighted by molar-refractivity contribution is -0.119. The second kappa shape index (κ2) is 4.23. The molecule has 0 aliphatic carbocycles. The molecule has 2 N–H and O–H groups in total. The highest BCUT2D eigenvalue weighted by molar-refractivity contribution is 7.89. The zero-order valence-electron chi connectivity index (χ0n) is 8.51. The zero-order chi connectivity index (χ0) is 11.6. The summed E-state index contributed by atoms with van der Waals surface area (Å²) in [6.07, 6.45) is 0.366. The summed E-state index contributed by atoms with van der Waals surface area (Å²) in [5.74, 6) is -0.124. The van der Waals surface area contributed by atoms with E-state index in [9.17, 15) is 13.2 Å². The number of hydrogen-bond donors (Lipinski definition) is 2. The first kappa shape index (κ1) is 11.1. The van der Waals surface area contributed by atoms with Crippen LogP contribution in [-0.2, 0) is 14.8 Å². The fourth-order valence-corrected chi connectivity index (χ4v) is 2.76. The molecule has 1 aliphatic rings. The minimum absolute atomic E-state index is 0.124. The normalized spacial score (nSPS) is 20.8. The van der Waals surface area contributed by atoms with E-state index in [4.69, 9.17) is 0 Å². The lowest BCUT2D eigenvalue weighted by atomic mass is 10.3. The van der Waals surface area contributed by atoms with E-state index in [-0.39, 0.29) is 10.8 Å². The average molecular weight is 240 g/mol. The number of carbonyl (C=O) groups is 1. The van der Waals surface area contributed by atoms with Crippen LogP contribution in [0.5, 0.6) is 0 Å². The van der Waals surface area contributed by atoms with Gasteiger partial charge < -0.3 is 5.32 Å². The number of amides is 1. The van der Waals surface area contributed by atoms with Crippen LogP contribution in [0.15, 0.2) is 35.2 Å². The molecule has 1 unspecified atom stereocenters. The van der Waals surface area contributed by atoms with Gasteiger partial charge in [-0.25, -0.2) is 8.42 Å². The first-order valence-electron chi connectivity index (χ1n) is 4.95. The molecule has 0 aromatic heterocycles. The molecule has 1 fully saturated rings. The minimum atomic E-state index is -3.53. The van der Waals surface area contributed by atoms with Crippen molar-refractivity contribution in [2.24, 2.45) is 0 Å². The van der Waals surface area contributed by atoms with Crippen LogP contribution < -0.4 is 10.0 Å². The van der Waals surface area contributed by atoms with Gasteiger partial charge in [-0.05, 0) is 18.6 Å². The van der Waals surface area contributed by atoms with Crippen LogP contribution in [0.3, 0.4) is 0 Å². The van der Waals surface area contributed by atoms with Crippen molar-refractivity contribution >= 4 is 15.9 Å². The van der Waals surface area contributed by atoms with Crippen molar-refractivity contribution in [3.8, 4) is 0 Å². The van der Waals surface area contributed by atoms with Gasteiger partial charge in [0, 0.05) is 6.42 Å². The zero-order valence-corrected chi connectivity index (χ0v) is 9.33. The smallest absolute Gasteiger partial charge is 0.242 e. The number of sulfonamides is 1. The van der Waals surface area contributed by atoms with Crippen LogP contribution in [0.1, 0.15) is 12.8 Å². The Balaban J connectivity index is 2.12. The Kier molecular flexibility index (Phi) is 2.93. The van der Waals surface area contributed by atoms with Crippen LogP contribution >= 0.6 is 0 Å². The summed E-state index contributed by atoms with van der Waals surface area (Å²) in [6.45, 7) is 0. The molecule has 0 saturated carbocycles. The molecule has 6 heteroatoms. The largest absolute Gasteiger partial charge is 0.340 e. The van der Waals surface area contributed by atoms with Crippen LogP contribution in [0, 0.1) is 0 Å². The van der Waals surface area contributed by atoms with Crippen LogP contribution in [0.2, 0.25) is 0 Å². The molecule has 86 valence electrons. The van der Waals surface area contributed by atoms with Crippen LogP contribution in [-0.4, -0.2) is 20.5 Å². The molecule has 1 saturated heterocycles. The molecule has 1 aliphatic heterocycles. The number of rotatable bonds is 3. The Morgan fingerprint density at radius 1 is 1.25 bits per heavy atom. The van der Waals surface area contributed by atoms with E-state index >= 15 is 0 Å². The van der Waals surface area contributed by atoms with Crippen LogP contribution in [0.4, 0.5) is 0 Å². The van der Waals surface area contributed by atoms with E-state index in [1.807, 2.05) is 0 Å². The van der Waals surface area contributed by atoms with Crippen LogP contribution in [0.25, 0.3) is 0 Å². The summed E-state index contributed by atoms with van der Waals surface area (Å²) < 4.78 is 26.1. The first-order valence-corrected chi connectivity index (χ1v) is 6.43. The van der Waals surface area contributed by atoms with Gasteiger partial charge in [-0.15, -0.1) is 0 Å². The van der Waals surface area contributed by atoms with Gasteiger partial charge >= 0.3 is 0 Å². The van der Waals surface area contributed by atoms with Crippen molar-refractivity contribution in [3.63, 3.8) is 0 Å².